The molecule has 2 aromatic carbocycles. The van der Waals surface area contributed by atoms with Crippen LogP contribution in [0, 0.1) is 0 Å². The number of carbonyl (C=O) groups is 1. The van der Waals surface area contributed by atoms with Gasteiger partial charge in [-0.2, -0.15) is 0 Å². The van der Waals surface area contributed by atoms with Crippen LogP contribution in [0.2, 0.25) is 0 Å². The van der Waals surface area contributed by atoms with Gasteiger partial charge in [-0.1, -0.05) is 12.1 Å². The Hall–Kier alpha value is -2.34. The van der Waals surface area contributed by atoms with Gasteiger partial charge in [-0.15, -0.1) is 0 Å². The molecule has 0 atom stereocenters. The molecule has 5 nitrogen and oxygen atoms in total. The maximum absolute atomic E-state index is 13.0. The molecule has 0 unspecified atom stereocenters. The number of fused-ring (bicyclic) bond motifs is 1. The number of sulfone groups is 1. The van der Waals surface area contributed by atoms with Gasteiger partial charge in [0.1, 0.15) is 5.75 Å². The molecule has 0 bridgehead atoms. The van der Waals surface area contributed by atoms with Crippen molar-refractivity contribution in [2.45, 2.75) is 17.7 Å². The first-order valence-electron chi connectivity index (χ1n) is 7.69. The van der Waals surface area contributed by atoms with Crippen LogP contribution in [-0.4, -0.2) is 34.2 Å². The number of nitrogens with zero attached hydrogens (tertiary/aromatic N) is 1. The van der Waals surface area contributed by atoms with Crippen LogP contribution < -0.4 is 9.64 Å². The van der Waals surface area contributed by atoms with Gasteiger partial charge in [0.2, 0.25) is 0 Å². The van der Waals surface area contributed by atoms with E-state index in [1.54, 1.807) is 30.2 Å². The summed E-state index contributed by atoms with van der Waals surface area (Å²) in [5.41, 5.74) is 2.06. The van der Waals surface area contributed by atoms with E-state index in [1.165, 1.54) is 6.07 Å². The second-order valence-electron chi connectivity index (χ2n) is 5.82. The minimum Gasteiger partial charge on any atom is -0.497 e. The highest BCUT2D eigenvalue weighted by Crippen LogP contribution is 2.32. The highest BCUT2D eigenvalue weighted by molar-refractivity contribution is 7.90. The Morgan fingerprint density at radius 2 is 1.92 bits per heavy atom. The summed E-state index contributed by atoms with van der Waals surface area (Å²) in [5, 5.41) is 0. The van der Waals surface area contributed by atoms with E-state index in [0.29, 0.717) is 6.54 Å². The van der Waals surface area contributed by atoms with E-state index >= 15 is 0 Å². The Morgan fingerprint density at radius 3 is 2.62 bits per heavy atom. The van der Waals surface area contributed by atoms with Gasteiger partial charge >= 0.3 is 0 Å². The third kappa shape index (κ3) is 3.01. The lowest BCUT2D eigenvalue weighted by Gasteiger charge is -2.30. The third-order valence-corrected chi connectivity index (χ3v) is 5.32. The highest BCUT2D eigenvalue weighted by Gasteiger charge is 2.27. The molecule has 0 aliphatic carbocycles. The fourth-order valence-electron chi connectivity index (χ4n) is 3.02. The lowest BCUT2D eigenvalue weighted by atomic mass is 10.0. The fraction of sp³-hybridized carbons (Fsp3) is 0.278. The van der Waals surface area contributed by atoms with Crippen LogP contribution in [-0.2, 0) is 16.3 Å². The summed E-state index contributed by atoms with van der Waals surface area (Å²) in [6.07, 6.45) is 2.81. The molecule has 0 spiro atoms. The van der Waals surface area contributed by atoms with Crippen molar-refractivity contribution < 1.29 is 17.9 Å². The first-order valence-corrected chi connectivity index (χ1v) is 9.59. The number of amides is 1. The average molecular weight is 345 g/mol. The molecule has 2 aromatic rings. The summed E-state index contributed by atoms with van der Waals surface area (Å²) >= 11 is 0. The molecule has 1 amide bonds. The molecule has 0 fully saturated rings. The van der Waals surface area contributed by atoms with E-state index in [4.69, 9.17) is 4.74 Å². The largest absolute Gasteiger partial charge is 0.497 e. The quantitative estimate of drug-likeness (QED) is 0.858. The molecule has 0 radical (unpaired) electrons. The Bertz CT molecular complexity index is 890. The minimum absolute atomic E-state index is 0.0654. The zero-order chi connectivity index (χ0) is 17.3. The van der Waals surface area contributed by atoms with Crippen LogP contribution >= 0.6 is 0 Å². The van der Waals surface area contributed by atoms with Gasteiger partial charge < -0.3 is 9.64 Å². The molecule has 126 valence electrons. The van der Waals surface area contributed by atoms with Crippen molar-refractivity contribution in [2.75, 3.05) is 24.8 Å². The summed E-state index contributed by atoms with van der Waals surface area (Å²) in [5.74, 6) is 0.460. The second kappa shape index (κ2) is 6.28. The van der Waals surface area contributed by atoms with Crippen LogP contribution in [0.3, 0.4) is 0 Å². The first kappa shape index (κ1) is 16.5. The van der Waals surface area contributed by atoms with Gasteiger partial charge in [0, 0.05) is 18.5 Å². The standard InChI is InChI=1S/C18H19NO4S/c1-23-14-9-10-16-13(12-14)6-5-11-19(16)18(20)15-7-3-4-8-17(15)24(2,21)22/h3-4,7-10,12H,5-6,11H2,1-2H3. The van der Waals surface area contributed by atoms with Crippen LogP contribution in [0.5, 0.6) is 5.75 Å². The molecule has 0 saturated carbocycles. The maximum Gasteiger partial charge on any atom is 0.259 e. The number of aryl methyl sites for hydroxylation is 1. The molecule has 1 aliphatic rings. The van der Waals surface area contributed by atoms with Gasteiger partial charge in [0.25, 0.3) is 5.91 Å². The van der Waals surface area contributed by atoms with Gasteiger partial charge in [0.05, 0.1) is 17.6 Å². The zero-order valence-electron chi connectivity index (χ0n) is 13.7. The number of hydrogen-bond donors (Lipinski definition) is 0. The van der Waals surface area contributed by atoms with E-state index in [2.05, 4.69) is 0 Å². The zero-order valence-corrected chi connectivity index (χ0v) is 14.5. The third-order valence-electron chi connectivity index (χ3n) is 4.17. The van der Waals surface area contributed by atoms with Crippen molar-refractivity contribution in [3.8, 4) is 5.75 Å². The molecule has 6 heteroatoms. The van der Waals surface area contributed by atoms with Gasteiger partial charge in [-0.05, 0) is 48.7 Å². The SMILES string of the molecule is COc1ccc2c(c1)CCCN2C(=O)c1ccccc1S(C)(=O)=O. The van der Waals surface area contributed by atoms with Crippen molar-refractivity contribution in [3.05, 3.63) is 53.6 Å². The molecule has 1 heterocycles. The number of rotatable bonds is 3. The lowest BCUT2D eigenvalue weighted by Crippen LogP contribution is -2.36. The van der Waals surface area contributed by atoms with Crippen molar-refractivity contribution in [1.82, 2.24) is 0 Å². The molecular formula is C18H19NO4S. The van der Waals surface area contributed by atoms with Crippen LogP contribution in [0.25, 0.3) is 0 Å². The van der Waals surface area contributed by atoms with Gasteiger partial charge in [-0.25, -0.2) is 8.42 Å². The fourth-order valence-corrected chi connectivity index (χ4v) is 3.90. The lowest BCUT2D eigenvalue weighted by molar-refractivity contribution is 0.0982. The first-order chi connectivity index (χ1) is 11.4. The number of hydrogen-bond acceptors (Lipinski definition) is 4. The van der Waals surface area contributed by atoms with Crippen molar-refractivity contribution in [3.63, 3.8) is 0 Å². The Balaban J connectivity index is 2.05. The number of ether oxygens (including phenoxy) is 1. The van der Waals surface area contributed by atoms with E-state index in [0.717, 1.165) is 36.1 Å². The monoisotopic (exact) mass is 345 g/mol. The van der Waals surface area contributed by atoms with E-state index in [9.17, 15) is 13.2 Å². The second-order valence-corrected chi connectivity index (χ2v) is 7.81. The van der Waals surface area contributed by atoms with Crippen LogP contribution in [0.1, 0.15) is 22.3 Å². The van der Waals surface area contributed by atoms with E-state index in [1.807, 2.05) is 18.2 Å². The predicted octanol–water partition coefficient (Wildman–Crippen LogP) is 2.69. The predicted molar refractivity (Wildman–Crippen MR) is 92.5 cm³/mol. The van der Waals surface area contributed by atoms with Crippen molar-refractivity contribution >= 4 is 21.4 Å². The molecule has 0 N–H and O–H groups in total. The Kier molecular flexibility index (Phi) is 4.32. The summed E-state index contributed by atoms with van der Waals surface area (Å²) in [4.78, 5) is 14.7. The molecule has 3 rings (SSSR count). The Labute approximate surface area is 141 Å². The Morgan fingerprint density at radius 1 is 1.17 bits per heavy atom. The van der Waals surface area contributed by atoms with Gasteiger partial charge in [-0.3, -0.25) is 4.79 Å². The minimum atomic E-state index is -3.47. The van der Waals surface area contributed by atoms with Crippen LogP contribution in [0.4, 0.5) is 5.69 Å². The number of methoxy groups -OCH3 is 1. The highest BCUT2D eigenvalue weighted by atomic mass is 32.2. The number of anilines is 1. The van der Waals surface area contributed by atoms with E-state index < -0.39 is 9.84 Å². The topological polar surface area (TPSA) is 63.7 Å². The molecule has 0 saturated heterocycles. The molecule has 24 heavy (non-hydrogen) atoms. The normalized spacial score (nSPS) is 14.2. The van der Waals surface area contributed by atoms with Gasteiger partial charge in [0.15, 0.2) is 9.84 Å². The number of benzene rings is 2. The van der Waals surface area contributed by atoms with E-state index in [-0.39, 0.29) is 16.4 Å². The summed E-state index contributed by atoms with van der Waals surface area (Å²) in [6.45, 7) is 0.566. The maximum atomic E-state index is 13.0. The summed E-state index contributed by atoms with van der Waals surface area (Å²) in [7, 11) is -1.87. The molecular weight excluding hydrogens is 326 g/mol. The molecule has 0 aromatic heterocycles. The molecule has 1 aliphatic heterocycles. The average Bonchev–Trinajstić information content (AvgIpc) is 2.59. The van der Waals surface area contributed by atoms with Crippen LogP contribution in [0.15, 0.2) is 47.4 Å². The van der Waals surface area contributed by atoms with Crippen molar-refractivity contribution in [2.24, 2.45) is 0 Å². The summed E-state index contributed by atoms with van der Waals surface area (Å²) in [6, 6.07) is 11.9. The smallest absolute Gasteiger partial charge is 0.259 e. The van der Waals surface area contributed by atoms with Crippen molar-refractivity contribution in [1.29, 1.82) is 0 Å². The summed E-state index contributed by atoms with van der Waals surface area (Å²) < 4.78 is 29.2. The number of carbonyl (C=O) groups excluding carboxylic acids is 1.